The molecule has 3 rings (SSSR count). The topological polar surface area (TPSA) is 46.5 Å². The number of rotatable bonds is 5. The Kier molecular flexibility index (Phi) is 5.67. The van der Waals surface area contributed by atoms with Gasteiger partial charge in [0, 0.05) is 18.2 Å². The molecule has 0 atom stereocenters. The SMILES string of the molecule is CCOC1CCC(c2cc(-c3ccc(F)cc3F)ccc2C(=O)O)CC1. The van der Waals surface area contributed by atoms with E-state index in [0.717, 1.165) is 31.7 Å². The van der Waals surface area contributed by atoms with Crippen molar-refractivity contribution >= 4 is 5.97 Å². The summed E-state index contributed by atoms with van der Waals surface area (Å²) in [6.45, 7) is 2.64. The molecule has 138 valence electrons. The number of hydrogen-bond donors (Lipinski definition) is 1. The van der Waals surface area contributed by atoms with E-state index in [4.69, 9.17) is 4.74 Å². The van der Waals surface area contributed by atoms with Gasteiger partial charge in [0.2, 0.25) is 0 Å². The molecular formula is C21H22F2O3. The lowest BCUT2D eigenvalue weighted by molar-refractivity contribution is 0.0327. The van der Waals surface area contributed by atoms with Crippen LogP contribution in [0.3, 0.4) is 0 Å². The molecule has 2 aromatic rings. The third kappa shape index (κ3) is 3.93. The standard InChI is InChI=1S/C21H22F2O3/c1-2-26-16-7-3-13(4-8-16)19-11-14(5-9-18(19)21(24)25)17-10-6-15(22)12-20(17)23/h5-6,9-13,16H,2-4,7-8H2,1H3,(H,24,25). The summed E-state index contributed by atoms with van der Waals surface area (Å²) < 4.78 is 33.0. The van der Waals surface area contributed by atoms with Gasteiger partial charge in [0.1, 0.15) is 11.6 Å². The third-order valence-corrected chi connectivity index (χ3v) is 5.04. The molecule has 26 heavy (non-hydrogen) atoms. The van der Waals surface area contributed by atoms with Crippen molar-refractivity contribution in [1.82, 2.24) is 0 Å². The molecule has 2 aromatic carbocycles. The second-order valence-electron chi connectivity index (χ2n) is 6.66. The average Bonchev–Trinajstić information content (AvgIpc) is 2.62. The van der Waals surface area contributed by atoms with E-state index in [2.05, 4.69) is 0 Å². The number of benzene rings is 2. The van der Waals surface area contributed by atoms with E-state index in [9.17, 15) is 18.7 Å². The first-order valence-corrected chi connectivity index (χ1v) is 8.93. The highest BCUT2D eigenvalue weighted by Crippen LogP contribution is 2.38. The second kappa shape index (κ2) is 7.96. The summed E-state index contributed by atoms with van der Waals surface area (Å²) in [6, 6.07) is 8.27. The molecule has 0 aromatic heterocycles. The van der Waals surface area contributed by atoms with E-state index in [-0.39, 0.29) is 23.1 Å². The Morgan fingerprint density at radius 1 is 1.12 bits per heavy atom. The predicted octanol–water partition coefficient (Wildman–Crippen LogP) is 5.39. The van der Waals surface area contributed by atoms with Gasteiger partial charge in [-0.1, -0.05) is 6.07 Å². The van der Waals surface area contributed by atoms with Crippen LogP contribution in [0.25, 0.3) is 11.1 Å². The molecular weight excluding hydrogens is 338 g/mol. The Balaban J connectivity index is 1.94. The van der Waals surface area contributed by atoms with Crippen LogP contribution in [0.15, 0.2) is 36.4 Å². The minimum Gasteiger partial charge on any atom is -0.478 e. The molecule has 0 radical (unpaired) electrons. The van der Waals surface area contributed by atoms with Gasteiger partial charge >= 0.3 is 5.97 Å². The molecule has 3 nitrogen and oxygen atoms in total. The molecule has 0 bridgehead atoms. The average molecular weight is 360 g/mol. The van der Waals surface area contributed by atoms with Crippen molar-refractivity contribution in [2.24, 2.45) is 0 Å². The Morgan fingerprint density at radius 3 is 2.46 bits per heavy atom. The number of carbonyl (C=O) groups is 1. The highest BCUT2D eigenvalue weighted by Gasteiger charge is 2.26. The minimum absolute atomic E-state index is 0.0984. The summed E-state index contributed by atoms with van der Waals surface area (Å²) >= 11 is 0. The maximum absolute atomic E-state index is 14.1. The van der Waals surface area contributed by atoms with Crippen LogP contribution in [0.1, 0.15) is 54.4 Å². The number of carboxylic acid groups (broad SMARTS) is 1. The van der Waals surface area contributed by atoms with Crippen molar-refractivity contribution in [2.75, 3.05) is 6.61 Å². The molecule has 0 saturated heterocycles. The van der Waals surface area contributed by atoms with Gasteiger partial charge in [-0.2, -0.15) is 0 Å². The van der Waals surface area contributed by atoms with Crippen molar-refractivity contribution in [3.63, 3.8) is 0 Å². The lowest BCUT2D eigenvalue weighted by atomic mass is 9.80. The maximum Gasteiger partial charge on any atom is 0.335 e. The first-order chi connectivity index (χ1) is 12.5. The quantitative estimate of drug-likeness (QED) is 0.777. The largest absolute Gasteiger partial charge is 0.478 e. The van der Waals surface area contributed by atoms with E-state index in [1.807, 2.05) is 6.92 Å². The Hall–Kier alpha value is -2.27. The molecule has 5 heteroatoms. The summed E-state index contributed by atoms with van der Waals surface area (Å²) in [5, 5.41) is 9.54. The van der Waals surface area contributed by atoms with Gasteiger partial charge in [-0.3, -0.25) is 0 Å². The van der Waals surface area contributed by atoms with Crippen LogP contribution in [-0.4, -0.2) is 23.8 Å². The molecule has 0 amide bonds. The van der Waals surface area contributed by atoms with Crippen LogP contribution in [0.2, 0.25) is 0 Å². The Bertz CT molecular complexity index is 796. The van der Waals surface area contributed by atoms with Gasteiger partial charge in [-0.05, 0) is 73.9 Å². The lowest BCUT2D eigenvalue weighted by Crippen LogP contribution is -2.21. The van der Waals surface area contributed by atoms with Crippen LogP contribution in [0.5, 0.6) is 0 Å². The van der Waals surface area contributed by atoms with Crippen molar-refractivity contribution in [2.45, 2.75) is 44.6 Å². The molecule has 1 aliphatic rings. The van der Waals surface area contributed by atoms with Gasteiger partial charge < -0.3 is 9.84 Å². The van der Waals surface area contributed by atoms with E-state index in [1.165, 1.54) is 18.2 Å². The normalized spacial score (nSPS) is 20.1. The van der Waals surface area contributed by atoms with E-state index < -0.39 is 17.6 Å². The van der Waals surface area contributed by atoms with E-state index in [0.29, 0.717) is 17.7 Å². The lowest BCUT2D eigenvalue weighted by Gasteiger charge is -2.29. The highest BCUT2D eigenvalue weighted by atomic mass is 19.1. The van der Waals surface area contributed by atoms with E-state index in [1.54, 1.807) is 12.1 Å². The van der Waals surface area contributed by atoms with Crippen LogP contribution in [0, 0.1) is 11.6 Å². The van der Waals surface area contributed by atoms with Crippen molar-refractivity contribution < 1.29 is 23.4 Å². The zero-order valence-corrected chi connectivity index (χ0v) is 14.7. The summed E-state index contributed by atoms with van der Waals surface area (Å²) in [4.78, 5) is 11.6. The van der Waals surface area contributed by atoms with Gasteiger partial charge in [0.25, 0.3) is 0 Å². The van der Waals surface area contributed by atoms with Crippen LogP contribution in [-0.2, 0) is 4.74 Å². The minimum atomic E-state index is -0.988. The summed E-state index contributed by atoms with van der Waals surface area (Å²) in [5.41, 5.74) is 1.80. The Labute approximate surface area is 151 Å². The van der Waals surface area contributed by atoms with Gasteiger partial charge in [-0.15, -0.1) is 0 Å². The zero-order valence-electron chi connectivity index (χ0n) is 14.7. The van der Waals surface area contributed by atoms with Crippen LogP contribution >= 0.6 is 0 Å². The third-order valence-electron chi connectivity index (χ3n) is 5.04. The van der Waals surface area contributed by atoms with Crippen molar-refractivity contribution in [3.8, 4) is 11.1 Å². The van der Waals surface area contributed by atoms with Gasteiger partial charge in [0.15, 0.2) is 0 Å². The van der Waals surface area contributed by atoms with Crippen LogP contribution < -0.4 is 0 Å². The number of halogens is 2. The van der Waals surface area contributed by atoms with Crippen molar-refractivity contribution in [1.29, 1.82) is 0 Å². The molecule has 1 aliphatic carbocycles. The summed E-state index contributed by atoms with van der Waals surface area (Å²) in [6.07, 6.45) is 3.65. The molecule has 0 unspecified atom stereocenters. The number of carboxylic acids is 1. The fourth-order valence-corrected chi connectivity index (χ4v) is 3.76. The fourth-order valence-electron chi connectivity index (χ4n) is 3.76. The highest BCUT2D eigenvalue weighted by molar-refractivity contribution is 5.90. The molecule has 1 N–H and O–H groups in total. The van der Waals surface area contributed by atoms with E-state index >= 15 is 0 Å². The predicted molar refractivity (Wildman–Crippen MR) is 95.4 cm³/mol. The molecule has 1 fully saturated rings. The monoisotopic (exact) mass is 360 g/mol. The maximum atomic E-state index is 14.1. The molecule has 0 heterocycles. The smallest absolute Gasteiger partial charge is 0.335 e. The first-order valence-electron chi connectivity index (χ1n) is 8.93. The fraction of sp³-hybridized carbons (Fsp3) is 0.381. The zero-order chi connectivity index (χ0) is 18.7. The molecule has 0 aliphatic heterocycles. The van der Waals surface area contributed by atoms with Crippen LogP contribution in [0.4, 0.5) is 8.78 Å². The number of hydrogen-bond acceptors (Lipinski definition) is 2. The second-order valence-corrected chi connectivity index (χ2v) is 6.66. The van der Waals surface area contributed by atoms with Gasteiger partial charge in [0.05, 0.1) is 11.7 Å². The summed E-state index contributed by atoms with van der Waals surface area (Å²) in [5.74, 6) is -2.18. The van der Waals surface area contributed by atoms with Gasteiger partial charge in [-0.25, -0.2) is 13.6 Å². The number of ether oxygens (including phenoxy) is 1. The van der Waals surface area contributed by atoms with Crippen molar-refractivity contribution in [3.05, 3.63) is 59.2 Å². The number of aromatic carboxylic acids is 1. The molecule has 1 saturated carbocycles. The Morgan fingerprint density at radius 2 is 1.85 bits per heavy atom. The molecule has 0 spiro atoms. The first kappa shape index (κ1) is 18.5. The summed E-state index contributed by atoms with van der Waals surface area (Å²) in [7, 11) is 0.